The third-order valence-corrected chi connectivity index (χ3v) is 5.75. The Balaban J connectivity index is 2.29. The lowest BCUT2D eigenvalue weighted by Crippen LogP contribution is -2.53. The maximum atomic E-state index is 12.2. The topological polar surface area (TPSA) is 76.1 Å². The van der Waals surface area contributed by atoms with Gasteiger partial charge in [-0.05, 0) is 38.5 Å². The van der Waals surface area contributed by atoms with Crippen LogP contribution < -0.4 is 9.47 Å². The fourth-order valence-corrected chi connectivity index (χ4v) is 3.54. The van der Waals surface area contributed by atoms with E-state index in [1.54, 1.807) is 19.9 Å². The second-order valence-electron chi connectivity index (χ2n) is 7.14. The minimum absolute atomic E-state index is 0.139. The van der Waals surface area contributed by atoms with E-state index in [1.165, 1.54) is 19.2 Å². The number of fused-ring (bicyclic) bond motifs is 1. The first kappa shape index (κ1) is 21.8. The Bertz CT molecular complexity index is 779. The summed E-state index contributed by atoms with van der Waals surface area (Å²) in [6, 6.07) is 3.67. The quantitative estimate of drug-likeness (QED) is 0.729. The van der Waals surface area contributed by atoms with Crippen LogP contribution in [-0.2, 0) is 10.0 Å². The van der Waals surface area contributed by atoms with E-state index in [-0.39, 0.29) is 18.8 Å². The fraction of sp³-hybridized carbons (Fsp3) is 0.647. The number of hydrogen-bond donors (Lipinski definition) is 1. The van der Waals surface area contributed by atoms with E-state index in [0.717, 1.165) is 10.6 Å². The standard InChI is InChI=1S/C17H24F3NO5S/c1-16(2)15(22)14(21(3)27(4,23)24)12-10-11(6-7-13(12)26-16)25-9-5-8-17(18,19)20/h6-7,10,14-15,22H,5,8-9H2,1-4H3/t14-,15+/m1/s1. The maximum Gasteiger partial charge on any atom is 0.389 e. The fourth-order valence-electron chi connectivity index (χ4n) is 2.90. The second-order valence-corrected chi connectivity index (χ2v) is 9.18. The third-order valence-electron chi connectivity index (χ3n) is 4.47. The number of aliphatic hydroxyl groups excluding tert-OH is 1. The molecule has 0 aromatic heterocycles. The van der Waals surface area contributed by atoms with Crippen molar-refractivity contribution in [3.05, 3.63) is 23.8 Å². The van der Waals surface area contributed by atoms with E-state index in [4.69, 9.17) is 9.47 Å². The van der Waals surface area contributed by atoms with Crippen molar-refractivity contribution < 1.29 is 36.2 Å². The summed E-state index contributed by atoms with van der Waals surface area (Å²) in [5.41, 5.74) is -0.644. The normalized spacial score (nSPS) is 22.3. The summed E-state index contributed by atoms with van der Waals surface area (Å²) in [5.74, 6) is 0.659. The monoisotopic (exact) mass is 411 g/mol. The van der Waals surface area contributed by atoms with Crippen molar-refractivity contribution >= 4 is 10.0 Å². The van der Waals surface area contributed by atoms with Crippen LogP contribution in [0.5, 0.6) is 11.5 Å². The summed E-state index contributed by atoms with van der Waals surface area (Å²) < 4.78 is 72.9. The SMILES string of the molecule is CN([C@@H]1c2cc(OCCCC(F)(F)F)ccc2OC(C)(C)[C@H]1O)S(C)(=O)=O. The van der Waals surface area contributed by atoms with Crippen molar-refractivity contribution in [2.75, 3.05) is 19.9 Å². The Morgan fingerprint density at radius 2 is 1.96 bits per heavy atom. The molecule has 0 saturated heterocycles. The largest absolute Gasteiger partial charge is 0.494 e. The van der Waals surface area contributed by atoms with Gasteiger partial charge in [-0.2, -0.15) is 17.5 Å². The molecule has 0 bridgehead atoms. The highest BCUT2D eigenvalue weighted by molar-refractivity contribution is 7.88. The van der Waals surface area contributed by atoms with Gasteiger partial charge in [0.1, 0.15) is 23.2 Å². The first-order chi connectivity index (χ1) is 12.2. The smallest absolute Gasteiger partial charge is 0.389 e. The lowest BCUT2D eigenvalue weighted by atomic mass is 9.86. The molecule has 0 spiro atoms. The molecule has 1 aliphatic rings. The van der Waals surface area contributed by atoms with Crippen LogP contribution in [0.25, 0.3) is 0 Å². The van der Waals surface area contributed by atoms with E-state index in [0.29, 0.717) is 11.3 Å². The molecule has 154 valence electrons. The highest BCUT2D eigenvalue weighted by Gasteiger charge is 2.46. The van der Waals surface area contributed by atoms with Crippen LogP contribution in [0.3, 0.4) is 0 Å². The molecule has 0 unspecified atom stereocenters. The van der Waals surface area contributed by atoms with Gasteiger partial charge in [-0.1, -0.05) is 0 Å². The van der Waals surface area contributed by atoms with Gasteiger partial charge in [0.15, 0.2) is 0 Å². The predicted octanol–water partition coefficient (Wildman–Crippen LogP) is 2.87. The Kier molecular flexibility index (Phi) is 6.03. The van der Waals surface area contributed by atoms with Gasteiger partial charge in [-0.3, -0.25) is 0 Å². The van der Waals surface area contributed by atoms with Crippen LogP contribution in [0.15, 0.2) is 18.2 Å². The summed E-state index contributed by atoms with van der Waals surface area (Å²) in [6.45, 7) is 3.15. The van der Waals surface area contributed by atoms with Gasteiger partial charge < -0.3 is 14.6 Å². The van der Waals surface area contributed by atoms with Crippen molar-refractivity contribution in [1.29, 1.82) is 0 Å². The van der Waals surface area contributed by atoms with Crippen LogP contribution in [0.4, 0.5) is 13.2 Å². The summed E-state index contributed by atoms with van der Waals surface area (Å²) in [6.07, 6.45) is -5.52. The van der Waals surface area contributed by atoms with Gasteiger partial charge in [-0.15, -0.1) is 0 Å². The number of sulfonamides is 1. The molecule has 1 aromatic rings. The van der Waals surface area contributed by atoms with Gasteiger partial charge in [0.25, 0.3) is 0 Å². The average molecular weight is 411 g/mol. The second kappa shape index (κ2) is 7.48. The number of nitrogens with zero attached hydrogens (tertiary/aromatic N) is 1. The molecule has 0 saturated carbocycles. The number of alkyl halides is 3. The number of rotatable bonds is 6. The van der Waals surface area contributed by atoms with Crippen LogP contribution >= 0.6 is 0 Å². The Morgan fingerprint density at radius 1 is 1.33 bits per heavy atom. The van der Waals surface area contributed by atoms with Gasteiger partial charge in [0.2, 0.25) is 10.0 Å². The predicted molar refractivity (Wildman–Crippen MR) is 93.3 cm³/mol. The highest BCUT2D eigenvalue weighted by Crippen LogP contribution is 2.44. The van der Waals surface area contributed by atoms with Gasteiger partial charge >= 0.3 is 6.18 Å². The molecule has 2 rings (SSSR count). The van der Waals surface area contributed by atoms with Crippen LogP contribution in [-0.4, -0.2) is 55.6 Å². The minimum atomic E-state index is -4.24. The van der Waals surface area contributed by atoms with Crippen LogP contribution in [0.2, 0.25) is 0 Å². The van der Waals surface area contributed by atoms with Gasteiger partial charge in [0, 0.05) is 19.0 Å². The molecule has 1 heterocycles. The lowest BCUT2D eigenvalue weighted by Gasteiger charge is -2.44. The first-order valence-corrected chi connectivity index (χ1v) is 10.2. The number of hydrogen-bond acceptors (Lipinski definition) is 5. The molecule has 1 aromatic carbocycles. The van der Waals surface area contributed by atoms with E-state index in [9.17, 15) is 26.7 Å². The van der Waals surface area contributed by atoms with Crippen LogP contribution in [0, 0.1) is 0 Å². The molecule has 1 aliphatic heterocycles. The van der Waals surface area contributed by atoms with Gasteiger partial charge in [-0.25, -0.2) is 8.42 Å². The molecule has 0 amide bonds. The number of benzene rings is 1. The van der Waals surface area contributed by atoms with Gasteiger partial charge in [0.05, 0.1) is 18.9 Å². The Labute approximate surface area is 156 Å². The van der Waals surface area contributed by atoms with Crippen molar-refractivity contribution in [2.45, 2.75) is 50.6 Å². The molecular formula is C17H24F3NO5S. The number of aliphatic hydroxyl groups is 1. The molecule has 1 N–H and O–H groups in total. The zero-order valence-electron chi connectivity index (χ0n) is 15.6. The lowest BCUT2D eigenvalue weighted by molar-refractivity contribution is -0.136. The van der Waals surface area contributed by atoms with Crippen molar-refractivity contribution in [3.8, 4) is 11.5 Å². The zero-order chi connectivity index (χ0) is 20.6. The van der Waals surface area contributed by atoms with Crippen molar-refractivity contribution in [3.63, 3.8) is 0 Å². The minimum Gasteiger partial charge on any atom is -0.494 e. The number of ether oxygens (including phenoxy) is 2. The maximum absolute atomic E-state index is 12.2. The summed E-state index contributed by atoms with van der Waals surface area (Å²) in [5, 5.41) is 10.7. The van der Waals surface area contributed by atoms with E-state index >= 15 is 0 Å². The molecular weight excluding hydrogens is 387 g/mol. The molecule has 27 heavy (non-hydrogen) atoms. The zero-order valence-corrected chi connectivity index (χ0v) is 16.4. The molecule has 2 atom stereocenters. The molecule has 0 aliphatic carbocycles. The van der Waals surface area contributed by atoms with E-state index in [1.807, 2.05) is 0 Å². The molecule has 10 heteroatoms. The highest BCUT2D eigenvalue weighted by atomic mass is 32.2. The Hall–Kier alpha value is -1.52. The summed E-state index contributed by atoms with van der Waals surface area (Å²) >= 11 is 0. The van der Waals surface area contributed by atoms with Crippen LogP contribution in [0.1, 0.15) is 38.3 Å². The summed E-state index contributed by atoms with van der Waals surface area (Å²) in [7, 11) is -2.27. The Morgan fingerprint density at radius 3 is 2.52 bits per heavy atom. The molecule has 0 radical (unpaired) electrons. The summed E-state index contributed by atoms with van der Waals surface area (Å²) in [4.78, 5) is 0. The number of halogens is 3. The molecule has 0 fully saturated rings. The average Bonchev–Trinajstić information content (AvgIpc) is 2.50. The van der Waals surface area contributed by atoms with E-state index in [2.05, 4.69) is 0 Å². The van der Waals surface area contributed by atoms with Crippen molar-refractivity contribution in [1.82, 2.24) is 4.31 Å². The first-order valence-electron chi connectivity index (χ1n) is 8.36. The van der Waals surface area contributed by atoms with Crippen molar-refractivity contribution in [2.24, 2.45) is 0 Å². The number of likely N-dealkylation sites (N-methyl/N-ethyl adjacent to an activating group) is 1. The van der Waals surface area contributed by atoms with E-state index < -0.39 is 40.4 Å². The molecule has 6 nitrogen and oxygen atoms in total. The third kappa shape index (κ3) is 5.26.